The molecule has 25 heavy (non-hydrogen) atoms. The SMILES string of the molecule is COc1ccc2[nH]c3cc(=O)cc4c3c(c2c1)c1ccccc1n4C. The van der Waals surface area contributed by atoms with Gasteiger partial charge in [-0.1, -0.05) is 18.2 Å². The first kappa shape index (κ1) is 14.1. The first-order chi connectivity index (χ1) is 12.2. The fourth-order valence-corrected chi connectivity index (χ4v) is 3.86. The molecule has 0 bridgehead atoms. The molecule has 0 radical (unpaired) electrons. The average Bonchev–Trinajstić information content (AvgIpc) is 2.64. The molecule has 2 aromatic heterocycles. The molecule has 5 rings (SSSR count). The van der Waals surface area contributed by atoms with E-state index in [1.807, 2.05) is 31.3 Å². The van der Waals surface area contributed by atoms with Crippen molar-refractivity contribution in [3.05, 3.63) is 64.8 Å². The molecule has 0 aliphatic carbocycles. The fraction of sp³-hybridized carbons (Fsp3) is 0.0952. The predicted molar refractivity (Wildman–Crippen MR) is 103 cm³/mol. The van der Waals surface area contributed by atoms with E-state index in [4.69, 9.17) is 4.74 Å². The summed E-state index contributed by atoms with van der Waals surface area (Å²) < 4.78 is 7.53. The minimum Gasteiger partial charge on any atom is -0.497 e. The van der Waals surface area contributed by atoms with Gasteiger partial charge in [0.1, 0.15) is 5.75 Å². The maximum atomic E-state index is 12.2. The summed E-state index contributed by atoms with van der Waals surface area (Å²) in [6.07, 6.45) is 0. The third-order valence-corrected chi connectivity index (χ3v) is 5.00. The van der Waals surface area contributed by atoms with Gasteiger partial charge in [-0.05, 0) is 24.3 Å². The van der Waals surface area contributed by atoms with Gasteiger partial charge in [0.15, 0.2) is 5.43 Å². The maximum absolute atomic E-state index is 12.2. The number of aromatic amines is 1. The molecule has 1 N–H and O–H groups in total. The van der Waals surface area contributed by atoms with Crippen molar-refractivity contribution < 1.29 is 4.74 Å². The molecular formula is C21H16N2O2. The summed E-state index contributed by atoms with van der Waals surface area (Å²) in [6, 6.07) is 17.7. The zero-order valence-electron chi connectivity index (χ0n) is 14.0. The van der Waals surface area contributed by atoms with Crippen molar-refractivity contribution in [2.24, 2.45) is 7.05 Å². The van der Waals surface area contributed by atoms with Gasteiger partial charge in [-0.3, -0.25) is 4.79 Å². The van der Waals surface area contributed by atoms with Crippen molar-refractivity contribution in [2.75, 3.05) is 7.11 Å². The third-order valence-electron chi connectivity index (χ3n) is 5.00. The molecule has 3 aromatic carbocycles. The molecule has 0 fully saturated rings. The van der Waals surface area contributed by atoms with Gasteiger partial charge >= 0.3 is 0 Å². The number of nitrogens with zero attached hydrogens (tertiary/aromatic N) is 1. The van der Waals surface area contributed by atoms with Gasteiger partial charge in [0.05, 0.1) is 18.1 Å². The number of aryl methyl sites for hydroxylation is 1. The highest BCUT2D eigenvalue weighted by Gasteiger charge is 2.15. The van der Waals surface area contributed by atoms with Crippen LogP contribution in [0.1, 0.15) is 0 Å². The molecule has 0 amide bonds. The second-order valence-corrected chi connectivity index (χ2v) is 6.35. The van der Waals surface area contributed by atoms with E-state index < -0.39 is 0 Å². The van der Waals surface area contributed by atoms with Gasteiger partial charge in [-0.25, -0.2) is 0 Å². The Morgan fingerprint density at radius 1 is 0.880 bits per heavy atom. The van der Waals surface area contributed by atoms with Crippen molar-refractivity contribution in [3.63, 3.8) is 0 Å². The highest BCUT2D eigenvalue weighted by Crippen LogP contribution is 2.37. The lowest BCUT2D eigenvalue weighted by atomic mass is 9.98. The first-order valence-electron chi connectivity index (χ1n) is 8.18. The van der Waals surface area contributed by atoms with Crippen LogP contribution >= 0.6 is 0 Å². The van der Waals surface area contributed by atoms with E-state index in [0.29, 0.717) is 0 Å². The van der Waals surface area contributed by atoms with Crippen LogP contribution in [-0.2, 0) is 7.05 Å². The Morgan fingerprint density at radius 3 is 2.56 bits per heavy atom. The number of ether oxygens (including phenoxy) is 1. The van der Waals surface area contributed by atoms with Crippen LogP contribution in [0.15, 0.2) is 59.4 Å². The second-order valence-electron chi connectivity index (χ2n) is 6.35. The summed E-state index contributed by atoms with van der Waals surface area (Å²) in [4.78, 5) is 15.6. The van der Waals surface area contributed by atoms with Crippen LogP contribution in [0, 0.1) is 0 Å². The molecule has 0 saturated heterocycles. The van der Waals surface area contributed by atoms with Crippen molar-refractivity contribution in [3.8, 4) is 5.75 Å². The molecule has 0 aliphatic heterocycles. The van der Waals surface area contributed by atoms with Crippen molar-refractivity contribution in [1.82, 2.24) is 9.55 Å². The summed E-state index contributed by atoms with van der Waals surface area (Å²) in [5, 5.41) is 4.47. The standard InChI is InChI=1S/C21H16N2O2/c1-23-18-6-4-3-5-14(18)20-15-11-13(25-2)7-8-16(15)22-17-9-12(24)10-19(23)21(17)20/h3-11,22H,1-2H3. The summed E-state index contributed by atoms with van der Waals surface area (Å²) in [6.45, 7) is 0. The van der Waals surface area contributed by atoms with Crippen LogP contribution in [-0.4, -0.2) is 16.7 Å². The first-order valence-corrected chi connectivity index (χ1v) is 8.18. The van der Waals surface area contributed by atoms with Gasteiger partial charge in [-0.15, -0.1) is 0 Å². The Kier molecular flexibility index (Phi) is 2.74. The molecule has 0 spiro atoms. The highest BCUT2D eigenvalue weighted by atomic mass is 16.5. The number of nitrogens with one attached hydrogen (secondary N) is 1. The molecule has 4 nitrogen and oxygen atoms in total. The van der Waals surface area contributed by atoms with Crippen molar-refractivity contribution in [1.29, 1.82) is 0 Å². The topological polar surface area (TPSA) is 47.0 Å². The predicted octanol–water partition coefficient (Wildman–Crippen LogP) is 4.33. The monoisotopic (exact) mass is 328 g/mol. The van der Waals surface area contributed by atoms with E-state index in [2.05, 4.69) is 27.8 Å². The van der Waals surface area contributed by atoms with E-state index in [0.717, 1.165) is 49.4 Å². The van der Waals surface area contributed by atoms with E-state index in [-0.39, 0.29) is 5.43 Å². The van der Waals surface area contributed by atoms with Gasteiger partial charge in [0.25, 0.3) is 0 Å². The number of pyridine rings is 2. The van der Waals surface area contributed by atoms with Crippen LogP contribution in [0.3, 0.4) is 0 Å². The summed E-state index contributed by atoms with van der Waals surface area (Å²) in [5.74, 6) is 0.815. The summed E-state index contributed by atoms with van der Waals surface area (Å²) in [7, 11) is 3.68. The number of aromatic nitrogens is 2. The number of methoxy groups -OCH3 is 1. The van der Waals surface area contributed by atoms with Crippen molar-refractivity contribution >= 4 is 43.6 Å². The smallest absolute Gasteiger partial charge is 0.182 e. The minimum absolute atomic E-state index is 0.00351. The molecule has 0 aliphatic rings. The normalized spacial score (nSPS) is 11.8. The zero-order chi connectivity index (χ0) is 17.1. The fourth-order valence-electron chi connectivity index (χ4n) is 3.86. The van der Waals surface area contributed by atoms with Gasteiger partial charge in [-0.2, -0.15) is 0 Å². The largest absolute Gasteiger partial charge is 0.497 e. The second kappa shape index (κ2) is 4.86. The number of hydrogen-bond donors (Lipinski definition) is 1. The Bertz CT molecular complexity index is 1360. The molecule has 122 valence electrons. The third kappa shape index (κ3) is 1.85. The molecule has 0 atom stereocenters. The Balaban J connectivity index is 2.22. The molecule has 4 heteroatoms. The van der Waals surface area contributed by atoms with Crippen LogP contribution in [0.2, 0.25) is 0 Å². The van der Waals surface area contributed by atoms with Crippen LogP contribution in [0.4, 0.5) is 0 Å². The summed E-state index contributed by atoms with van der Waals surface area (Å²) >= 11 is 0. The zero-order valence-corrected chi connectivity index (χ0v) is 14.0. The van der Waals surface area contributed by atoms with Gasteiger partial charge < -0.3 is 14.3 Å². The number of rotatable bonds is 1. The molecule has 0 unspecified atom stereocenters. The van der Waals surface area contributed by atoms with E-state index in [9.17, 15) is 4.79 Å². The lowest BCUT2D eigenvalue weighted by molar-refractivity contribution is 0.415. The van der Waals surface area contributed by atoms with Gasteiger partial charge in [0.2, 0.25) is 0 Å². The lowest BCUT2D eigenvalue weighted by Gasteiger charge is -2.17. The van der Waals surface area contributed by atoms with E-state index in [1.165, 1.54) is 0 Å². The van der Waals surface area contributed by atoms with Crippen molar-refractivity contribution in [2.45, 2.75) is 0 Å². The van der Waals surface area contributed by atoms with Gasteiger partial charge in [0, 0.05) is 51.8 Å². The molecule has 5 aromatic rings. The number of benzene rings is 3. The average molecular weight is 328 g/mol. The number of fused-ring (bicyclic) bond motifs is 4. The number of para-hydroxylation sites is 1. The number of H-pyrrole nitrogens is 1. The van der Waals surface area contributed by atoms with Crippen LogP contribution in [0.25, 0.3) is 43.6 Å². The Hall–Kier alpha value is -3.27. The Labute approximate surface area is 143 Å². The van der Waals surface area contributed by atoms with Crippen LogP contribution < -0.4 is 10.2 Å². The summed E-state index contributed by atoms with van der Waals surface area (Å²) in [5.41, 5.74) is 3.87. The molecule has 0 saturated carbocycles. The number of hydrogen-bond acceptors (Lipinski definition) is 2. The highest BCUT2D eigenvalue weighted by molar-refractivity contribution is 6.27. The molecular weight excluding hydrogens is 312 g/mol. The quantitative estimate of drug-likeness (QED) is 0.368. The minimum atomic E-state index is 0.00351. The molecule has 2 heterocycles. The Morgan fingerprint density at radius 2 is 1.72 bits per heavy atom. The van der Waals surface area contributed by atoms with Crippen LogP contribution in [0.5, 0.6) is 5.75 Å². The van der Waals surface area contributed by atoms with E-state index >= 15 is 0 Å². The van der Waals surface area contributed by atoms with E-state index in [1.54, 1.807) is 19.2 Å². The maximum Gasteiger partial charge on any atom is 0.182 e. The lowest BCUT2D eigenvalue weighted by Crippen LogP contribution is -2.05.